The minimum atomic E-state index is -0.410. The highest BCUT2D eigenvalue weighted by Crippen LogP contribution is 2.57. The number of amides is 1. The summed E-state index contributed by atoms with van der Waals surface area (Å²) >= 11 is 0. The van der Waals surface area contributed by atoms with Crippen molar-refractivity contribution in [2.24, 2.45) is 17.8 Å². The Morgan fingerprint density at radius 3 is 2.57 bits per heavy atom. The van der Waals surface area contributed by atoms with Crippen LogP contribution in [0.2, 0.25) is 0 Å². The molecule has 2 N–H and O–H groups in total. The van der Waals surface area contributed by atoms with Gasteiger partial charge in [0.05, 0.1) is 12.7 Å². The first-order chi connectivity index (χ1) is 10.2. The molecule has 0 aromatic heterocycles. The number of methoxy groups -OCH3 is 1. The van der Waals surface area contributed by atoms with Gasteiger partial charge in [0.1, 0.15) is 0 Å². The minimum absolute atomic E-state index is 0.308. The number of β-amino-alcohol motifs (C(OH)–C–C–N with tert-alkyl or cyclic N) is 1. The number of hydrogen-bond acceptors (Lipinski definition) is 4. The summed E-state index contributed by atoms with van der Waals surface area (Å²) in [5, 5.41) is 13.0. The van der Waals surface area contributed by atoms with Gasteiger partial charge in [-0.25, -0.2) is 0 Å². The summed E-state index contributed by atoms with van der Waals surface area (Å²) in [6, 6.07) is 0.328. The van der Waals surface area contributed by atoms with Gasteiger partial charge in [0.15, 0.2) is 0 Å². The first kappa shape index (κ1) is 15.3. The van der Waals surface area contributed by atoms with Crippen molar-refractivity contribution >= 4 is 5.91 Å². The Morgan fingerprint density at radius 1 is 1.29 bits per heavy atom. The van der Waals surface area contributed by atoms with E-state index >= 15 is 0 Å². The largest absolute Gasteiger partial charge is 0.389 e. The van der Waals surface area contributed by atoms with Crippen LogP contribution in [0.5, 0.6) is 0 Å². The maximum Gasteiger partial charge on any atom is 0.223 e. The molecule has 21 heavy (non-hydrogen) atoms. The zero-order chi connectivity index (χ0) is 14.8. The van der Waals surface area contributed by atoms with Gasteiger partial charge in [-0.05, 0) is 37.5 Å². The summed E-state index contributed by atoms with van der Waals surface area (Å²) in [6.07, 6.45) is 5.42. The van der Waals surface area contributed by atoms with Crippen LogP contribution in [0.15, 0.2) is 0 Å². The fourth-order valence-electron chi connectivity index (χ4n) is 4.31. The molecule has 3 aliphatic rings. The number of carbonyl (C=O) groups excluding carboxylic acids is 1. The summed E-state index contributed by atoms with van der Waals surface area (Å²) < 4.78 is 4.95. The normalized spacial score (nSPS) is 34.5. The van der Waals surface area contributed by atoms with Crippen molar-refractivity contribution in [1.82, 2.24) is 10.2 Å². The van der Waals surface area contributed by atoms with E-state index in [0.29, 0.717) is 42.9 Å². The molecule has 0 bridgehead atoms. The van der Waals surface area contributed by atoms with Crippen molar-refractivity contribution in [3.8, 4) is 0 Å². The molecule has 0 aromatic rings. The lowest BCUT2D eigenvalue weighted by Gasteiger charge is -2.33. The predicted octanol–water partition coefficient (Wildman–Crippen LogP) is 0.620. The molecule has 3 unspecified atom stereocenters. The molecule has 1 heterocycles. The number of nitrogens with one attached hydrogen (secondary N) is 1. The number of likely N-dealkylation sites (tertiary alicyclic amines) is 1. The van der Waals surface area contributed by atoms with E-state index in [1.54, 1.807) is 7.11 Å². The van der Waals surface area contributed by atoms with Crippen molar-refractivity contribution in [3.05, 3.63) is 0 Å². The maximum absolute atomic E-state index is 12.3. The van der Waals surface area contributed by atoms with Crippen molar-refractivity contribution in [2.45, 2.75) is 44.2 Å². The van der Waals surface area contributed by atoms with E-state index in [-0.39, 0.29) is 0 Å². The molecule has 1 amide bonds. The van der Waals surface area contributed by atoms with Gasteiger partial charge in [0.25, 0.3) is 0 Å². The van der Waals surface area contributed by atoms with E-state index in [2.05, 4.69) is 10.2 Å². The molecule has 120 valence electrons. The highest BCUT2D eigenvalue weighted by Gasteiger charge is 2.56. The van der Waals surface area contributed by atoms with Gasteiger partial charge in [-0.3, -0.25) is 4.79 Å². The van der Waals surface area contributed by atoms with E-state index in [0.717, 1.165) is 25.9 Å². The number of nitrogens with zero attached hydrogens (tertiary/aromatic N) is 1. The number of hydrogen-bond donors (Lipinski definition) is 2. The van der Waals surface area contributed by atoms with Gasteiger partial charge in [-0.2, -0.15) is 0 Å². The van der Waals surface area contributed by atoms with Crippen LogP contribution in [0.4, 0.5) is 0 Å². The van der Waals surface area contributed by atoms with E-state index < -0.39 is 6.10 Å². The van der Waals surface area contributed by atoms with Gasteiger partial charge in [0.2, 0.25) is 5.91 Å². The topological polar surface area (TPSA) is 61.8 Å². The zero-order valence-corrected chi connectivity index (χ0v) is 13.0. The lowest BCUT2D eigenvalue weighted by Crippen LogP contribution is -2.47. The Bertz CT molecular complexity index is 359. The monoisotopic (exact) mass is 296 g/mol. The van der Waals surface area contributed by atoms with Crippen LogP contribution in [0.3, 0.4) is 0 Å². The van der Waals surface area contributed by atoms with Gasteiger partial charge < -0.3 is 20.1 Å². The van der Waals surface area contributed by atoms with Crippen LogP contribution in [0.1, 0.15) is 32.1 Å². The maximum atomic E-state index is 12.3. The van der Waals surface area contributed by atoms with Crippen molar-refractivity contribution in [3.63, 3.8) is 0 Å². The molecule has 0 aromatic carbocycles. The molecule has 1 aliphatic heterocycles. The molecule has 3 fully saturated rings. The second-order valence-corrected chi connectivity index (χ2v) is 6.98. The SMILES string of the molecule is COCC(O)CN1CCC(NC(=O)C2C3CCCC32)CC1. The smallest absolute Gasteiger partial charge is 0.223 e. The molecule has 1 saturated heterocycles. The Labute approximate surface area is 127 Å². The average Bonchev–Trinajstić information content (AvgIpc) is 2.95. The lowest BCUT2D eigenvalue weighted by molar-refractivity contribution is -0.124. The molecule has 3 atom stereocenters. The fraction of sp³-hybridized carbons (Fsp3) is 0.938. The first-order valence-corrected chi connectivity index (χ1v) is 8.38. The third-order valence-corrected chi connectivity index (χ3v) is 5.47. The Kier molecular flexibility index (Phi) is 4.82. The highest BCUT2D eigenvalue weighted by molar-refractivity contribution is 5.82. The molecular formula is C16H28N2O3. The lowest BCUT2D eigenvalue weighted by atomic mass is 10.0. The summed E-state index contributed by atoms with van der Waals surface area (Å²) in [6.45, 7) is 2.95. The molecule has 2 saturated carbocycles. The van der Waals surface area contributed by atoms with E-state index in [1.807, 2.05) is 0 Å². The van der Waals surface area contributed by atoms with Crippen LogP contribution < -0.4 is 5.32 Å². The van der Waals surface area contributed by atoms with Crippen LogP contribution in [0, 0.1) is 17.8 Å². The standard InChI is InChI=1S/C16H28N2O3/c1-21-10-12(19)9-18-7-5-11(6-8-18)17-16(20)15-13-3-2-4-14(13)15/h11-15,19H,2-10H2,1H3,(H,17,20). The van der Waals surface area contributed by atoms with Crippen LogP contribution in [-0.2, 0) is 9.53 Å². The Hall–Kier alpha value is -0.650. The second-order valence-electron chi connectivity index (χ2n) is 6.98. The van der Waals surface area contributed by atoms with Crippen LogP contribution >= 0.6 is 0 Å². The Balaban J connectivity index is 1.35. The number of aliphatic hydroxyl groups is 1. The minimum Gasteiger partial charge on any atom is -0.389 e. The van der Waals surface area contributed by atoms with Crippen molar-refractivity contribution in [2.75, 3.05) is 33.4 Å². The van der Waals surface area contributed by atoms with E-state index in [1.165, 1.54) is 19.3 Å². The van der Waals surface area contributed by atoms with Gasteiger partial charge in [-0.15, -0.1) is 0 Å². The number of ether oxygens (including phenoxy) is 1. The summed E-state index contributed by atoms with van der Waals surface area (Å²) in [7, 11) is 1.61. The molecule has 3 rings (SSSR count). The third-order valence-electron chi connectivity index (χ3n) is 5.47. The van der Waals surface area contributed by atoms with Crippen molar-refractivity contribution < 1.29 is 14.6 Å². The zero-order valence-electron chi connectivity index (χ0n) is 13.0. The molecule has 5 heteroatoms. The quantitative estimate of drug-likeness (QED) is 0.754. The van der Waals surface area contributed by atoms with Gasteiger partial charge in [0, 0.05) is 38.7 Å². The molecule has 2 aliphatic carbocycles. The molecule has 0 spiro atoms. The molecular weight excluding hydrogens is 268 g/mol. The van der Waals surface area contributed by atoms with Gasteiger partial charge in [-0.1, -0.05) is 6.42 Å². The van der Waals surface area contributed by atoms with Crippen LogP contribution in [-0.4, -0.2) is 61.4 Å². The predicted molar refractivity (Wildman–Crippen MR) is 79.8 cm³/mol. The number of rotatable bonds is 6. The summed E-state index contributed by atoms with van der Waals surface area (Å²) in [5.74, 6) is 2.05. The first-order valence-electron chi connectivity index (χ1n) is 8.38. The number of aliphatic hydroxyl groups excluding tert-OH is 1. The summed E-state index contributed by atoms with van der Waals surface area (Å²) in [4.78, 5) is 14.5. The summed E-state index contributed by atoms with van der Waals surface area (Å²) in [5.41, 5.74) is 0. The number of piperidine rings is 1. The highest BCUT2D eigenvalue weighted by atomic mass is 16.5. The number of carbonyl (C=O) groups is 1. The molecule has 5 nitrogen and oxygen atoms in total. The van der Waals surface area contributed by atoms with Gasteiger partial charge >= 0.3 is 0 Å². The Morgan fingerprint density at radius 2 is 1.95 bits per heavy atom. The van der Waals surface area contributed by atoms with E-state index in [9.17, 15) is 9.90 Å². The number of fused-ring (bicyclic) bond motifs is 1. The molecule has 0 radical (unpaired) electrons. The second kappa shape index (κ2) is 6.63. The average molecular weight is 296 g/mol. The fourth-order valence-corrected chi connectivity index (χ4v) is 4.31. The van der Waals surface area contributed by atoms with E-state index in [4.69, 9.17) is 4.74 Å². The van der Waals surface area contributed by atoms with Crippen LogP contribution in [0.25, 0.3) is 0 Å². The third kappa shape index (κ3) is 3.58. The van der Waals surface area contributed by atoms with Crippen molar-refractivity contribution in [1.29, 1.82) is 0 Å².